The molecule has 0 atom stereocenters. The number of rotatable bonds is 11. The van der Waals surface area contributed by atoms with Gasteiger partial charge in [-0.15, -0.1) is 0 Å². The molecular weight excluding hydrogens is 280 g/mol. The Bertz CT molecular complexity index is 470. The third-order valence-electron chi connectivity index (χ3n) is 2.76. The van der Waals surface area contributed by atoms with Gasteiger partial charge in [0.25, 0.3) is 10.0 Å². The first-order chi connectivity index (χ1) is 9.60. The van der Waals surface area contributed by atoms with Gasteiger partial charge in [-0.3, -0.25) is 0 Å². The van der Waals surface area contributed by atoms with Crippen LogP contribution in [0.4, 0.5) is 0 Å². The summed E-state index contributed by atoms with van der Waals surface area (Å²) in [5.41, 5.74) is 0. The Labute approximate surface area is 120 Å². The van der Waals surface area contributed by atoms with Crippen molar-refractivity contribution in [3.63, 3.8) is 0 Å². The van der Waals surface area contributed by atoms with Crippen molar-refractivity contribution in [2.75, 3.05) is 26.8 Å². The largest absolute Gasteiger partial charge is 0.447 e. The highest BCUT2D eigenvalue weighted by molar-refractivity contribution is 7.89. The molecule has 0 spiro atoms. The van der Waals surface area contributed by atoms with E-state index in [1.807, 2.05) is 0 Å². The third-order valence-corrected chi connectivity index (χ3v) is 4.09. The number of hydrogen-bond donors (Lipinski definition) is 2. The molecule has 0 saturated carbocycles. The second-order valence-electron chi connectivity index (χ2n) is 4.50. The summed E-state index contributed by atoms with van der Waals surface area (Å²) >= 11 is 0. The van der Waals surface area contributed by atoms with Gasteiger partial charge in [0.2, 0.25) is 5.09 Å². The molecule has 1 aromatic heterocycles. The lowest BCUT2D eigenvalue weighted by atomic mass is 10.3. The predicted molar refractivity (Wildman–Crippen MR) is 77.0 cm³/mol. The molecule has 0 aliphatic rings. The summed E-state index contributed by atoms with van der Waals surface area (Å²) in [6, 6.07) is 3.15. The number of unbranched alkanes of at least 4 members (excludes halogenated alkanes) is 2. The molecule has 0 aromatic carbocycles. The Morgan fingerprint density at radius 1 is 1.25 bits per heavy atom. The fourth-order valence-corrected chi connectivity index (χ4v) is 2.66. The maximum atomic E-state index is 11.9. The Morgan fingerprint density at radius 3 is 2.75 bits per heavy atom. The molecule has 0 radical (unpaired) electrons. The molecular formula is C13H24N2O4S. The summed E-state index contributed by atoms with van der Waals surface area (Å²) < 4.78 is 36.7. The highest BCUT2D eigenvalue weighted by Gasteiger charge is 2.17. The average molecular weight is 304 g/mol. The van der Waals surface area contributed by atoms with Crippen molar-refractivity contribution < 1.29 is 17.6 Å². The van der Waals surface area contributed by atoms with Gasteiger partial charge < -0.3 is 14.5 Å². The van der Waals surface area contributed by atoms with Crippen molar-refractivity contribution in [2.45, 2.75) is 37.8 Å². The molecule has 20 heavy (non-hydrogen) atoms. The highest BCUT2D eigenvalue weighted by atomic mass is 32.2. The van der Waals surface area contributed by atoms with E-state index < -0.39 is 10.0 Å². The smallest absolute Gasteiger partial charge is 0.273 e. The van der Waals surface area contributed by atoms with Crippen LogP contribution in [0.3, 0.4) is 0 Å². The van der Waals surface area contributed by atoms with Crippen LogP contribution in [0.1, 0.15) is 31.9 Å². The van der Waals surface area contributed by atoms with Crippen molar-refractivity contribution in [3.05, 3.63) is 17.9 Å². The van der Waals surface area contributed by atoms with Crippen LogP contribution in [0.25, 0.3) is 0 Å². The fraction of sp³-hybridized carbons (Fsp3) is 0.692. The Morgan fingerprint density at radius 2 is 2.05 bits per heavy atom. The topological polar surface area (TPSA) is 80.6 Å². The van der Waals surface area contributed by atoms with Crippen LogP contribution in [-0.2, 0) is 21.3 Å². The van der Waals surface area contributed by atoms with Gasteiger partial charge in [-0.25, -0.2) is 13.1 Å². The lowest BCUT2D eigenvalue weighted by molar-refractivity contribution is 0.198. The SMILES string of the molecule is CCCCCNS(=O)(=O)c1ccc(CNCCOC)o1. The van der Waals surface area contributed by atoms with E-state index in [1.165, 1.54) is 6.07 Å². The van der Waals surface area contributed by atoms with Crippen LogP contribution in [0.15, 0.2) is 21.6 Å². The van der Waals surface area contributed by atoms with Gasteiger partial charge in [0.1, 0.15) is 5.76 Å². The molecule has 0 saturated heterocycles. The number of hydrogen-bond acceptors (Lipinski definition) is 5. The fourth-order valence-electron chi connectivity index (χ4n) is 1.64. The molecule has 0 fully saturated rings. The van der Waals surface area contributed by atoms with Crippen molar-refractivity contribution in [1.82, 2.24) is 10.0 Å². The molecule has 6 nitrogen and oxygen atoms in total. The molecule has 0 bridgehead atoms. The summed E-state index contributed by atoms with van der Waals surface area (Å²) in [5.74, 6) is 0.593. The zero-order valence-electron chi connectivity index (χ0n) is 12.1. The van der Waals surface area contributed by atoms with Crippen LogP contribution >= 0.6 is 0 Å². The quantitative estimate of drug-likeness (QED) is 0.605. The van der Waals surface area contributed by atoms with E-state index in [0.29, 0.717) is 32.0 Å². The second kappa shape index (κ2) is 9.12. The van der Waals surface area contributed by atoms with Crippen molar-refractivity contribution in [3.8, 4) is 0 Å². The zero-order chi connectivity index (χ0) is 14.8. The summed E-state index contributed by atoms with van der Waals surface area (Å²) in [6.07, 6.45) is 2.90. The van der Waals surface area contributed by atoms with Gasteiger partial charge in [-0.1, -0.05) is 19.8 Å². The molecule has 1 rings (SSSR count). The Kier molecular flexibility index (Phi) is 7.83. The van der Waals surface area contributed by atoms with Gasteiger partial charge in [0.15, 0.2) is 0 Å². The lowest BCUT2D eigenvalue weighted by Gasteiger charge is -2.04. The Hall–Kier alpha value is -0.890. The standard InChI is InChI=1S/C13H24N2O4S/c1-3-4-5-8-15-20(16,17)13-7-6-12(19-13)11-14-9-10-18-2/h6-7,14-15H,3-5,8-11H2,1-2H3. The highest BCUT2D eigenvalue weighted by Crippen LogP contribution is 2.13. The zero-order valence-corrected chi connectivity index (χ0v) is 13.0. The predicted octanol–water partition coefficient (Wildman–Crippen LogP) is 1.48. The summed E-state index contributed by atoms with van der Waals surface area (Å²) in [4.78, 5) is 0. The monoisotopic (exact) mass is 304 g/mol. The van der Waals surface area contributed by atoms with E-state index in [9.17, 15) is 8.42 Å². The van der Waals surface area contributed by atoms with Gasteiger partial charge in [-0.2, -0.15) is 0 Å². The minimum Gasteiger partial charge on any atom is -0.447 e. The minimum absolute atomic E-state index is 0.0301. The van der Waals surface area contributed by atoms with Crippen molar-refractivity contribution in [2.24, 2.45) is 0 Å². The maximum absolute atomic E-state index is 11.9. The first kappa shape index (κ1) is 17.2. The minimum atomic E-state index is -3.52. The number of ether oxygens (including phenoxy) is 1. The van der Waals surface area contributed by atoms with Crippen molar-refractivity contribution >= 4 is 10.0 Å². The lowest BCUT2D eigenvalue weighted by Crippen LogP contribution is -2.24. The van der Waals surface area contributed by atoms with Gasteiger partial charge in [0.05, 0.1) is 13.2 Å². The average Bonchev–Trinajstić information content (AvgIpc) is 2.89. The van der Waals surface area contributed by atoms with E-state index in [0.717, 1.165) is 19.3 Å². The van der Waals surface area contributed by atoms with Gasteiger partial charge in [0, 0.05) is 20.2 Å². The van der Waals surface area contributed by atoms with E-state index in [1.54, 1.807) is 13.2 Å². The molecule has 1 aromatic rings. The van der Waals surface area contributed by atoms with Crippen LogP contribution in [0.2, 0.25) is 0 Å². The summed E-state index contributed by atoms with van der Waals surface area (Å²) in [6.45, 7) is 4.29. The maximum Gasteiger partial charge on any atom is 0.273 e. The molecule has 0 unspecified atom stereocenters. The van der Waals surface area contributed by atoms with Gasteiger partial charge >= 0.3 is 0 Å². The first-order valence-electron chi connectivity index (χ1n) is 6.88. The molecule has 7 heteroatoms. The van der Waals surface area contributed by atoms with E-state index in [2.05, 4.69) is 17.0 Å². The second-order valence-corrected chi connectivity index (χ2v) is 6.19. The molecule has 2 N–H and O–H groups in total. The number of furan rings is 1. The van der Waals surface area contributed by atoms with Crippen LogP contribution in [-0.4, -0.2) is 35.2 Å². The van der Waals surface area contributed by atoms with Gasteiger partial charge in [-0.05, 0) is 18.6 Å². The molecule has 0 amide bonds. The molecule has 0 aliphatic heterocycles. The third kappa shape index (κ3) is 6.04. The Balaban J connectivity index is 2.44. The van der Waals surface area contributed by atoms with Crippen molar-refractivity contribution in [1.29, 1.82) is 0 Å². The van der Waals surface area contributed by atoms with Crippen LogP contribution < -0.4 is 10.0 Å². The molecule has 1 heterocycles. The number of sulfonamides is 1. The molecule has 0 aliphatic carbocycles. The van der Waals surface area contributed by atoms with E-state index >= 15 is 0 Å². The summed E-state index contributed by atoms with van der Waals surface area (Å²) in [5, 5.41) is 3.06. The normalized spacial score (nSPS) is 11.9. The number of nitrogens with one attached hydrogen (secondary N) is 2. The van der Waals surface area contributed by atoms with Crippen LogP contribution in [0, 0.1) is 0 Å². The molecule has 116 valence electrons. The number of methoxy groups -OCH3 is 1. The van der Waals surface area contributed by atoms with E-state index in [4.69, 9.17) is 9.15 Å². The van der Waals surface area contributed by atoms with E-state index in [-0.39, 0.29) is 5.09 Å². The summed E-state index contributed by atoms with van der Waals surface area (Å²) in [7, 11) is -1.90. The first-order valence-corrected chi connectivity index (χ1v) is 8.36. The van der Waals surface area contributed by atoms with Crippen LogP contribution in [0.5, 0.6) is 0 Å².